The number of pyridine rings is 1. The summed E-state index contributed by atoms with van der Waals surface area (Å²) >= 11 is 0. The van der Waals surface area contributed by atoms with Crippen molar-refractivity contribution < 1.29 is 22.7 Å². The van der Waals surface area contributed by atoms with Crippen LogP contribution >= 0.6 is 0 Å². The fourth-order valence-electron chi connectivity index (χ4n) is 3.65. The molecular formula is C24H18F3N5O2. The van der Waals surface area contributed by atoms with E-state index in [0.29, 0.717) is 40.3 Å². The molecule has 0 spiro atoms. The van der Waals surface area contributed by atoms with Gasteiger partial charge in [0.25, 0.3) is 5.91 Å². The second-order valence-corrected chi connectivity index (χ2v) is 7.50. The molecule has 5 aromatic rings. The number of imidazole rings is 2. The van der Waals surface area contributed by atoms with Crippen LogP contribution in [0.25, 0.3) is 27.8 Å². The number of carbonyl (C=O) groups is 1. The Morgan fingerprint density at radius 1 is 1.06 bits per heavy atom. The van der Waals surface area contributed by atoms with Crippen LogP contribution in [-0.4, -0.2) is 31.9 Å². The summed E-state index contributed by atoms with van der Waals surface area (Å²) in [5.41, 5.74) is 2.13. The lowest BCUT2D eigenvalue weighted by molar-refractivity contribution is -0.137. The highest BCUT2D eigenvalue weighted by Gasteiger charge is 2.30. The minimum atomic E-state index is -4.43. The minimum absolute atomic E-state index is 0.178. The Hall–Kier alpha value is -4.34. The molecule has 0 radical (unpaired) electrons. The topological polar surface area (TPSA) is 84.3 Å². The van der Waals surface area contributed by atoms with Crippen molar-refractivity contribution in [1.29, 1.82) is 0 Å². The van der Waals surface area contributed by atoms with Gasteiger partial charge in [-0.1, -0.05) is 24.3 Å². The van der Waals surface area contributed by atoms with Crippen molar-refractivity contribution in [2.75, 3.05) is 11.9 Å². The Bertz CT molecular complexity index is 1520. The van der Waals surface area contributed by atoms with Crippen molar-refractivity contribution in [1.82, 2.24) is 19.4 Å². The average Bonchev–Trinajstić information content (AvgIpc) is 3.42. The molecule has 5 rings (SSSR count). The van der Waals surface area contributed by atoms with Crippen LogP contribution in [0.15, 0.2) is 66.9 Å². The van der Waals surface area contributed by atoms with E-state index in [-0.39, 0.29) is 11.6 Å². The molecule has 3 aromatic heterocycles. The zero-order valence-corrected chi connectivity index (χ0v) is 17.8. The smallest absolute Gasteiger partial charge is 0.416 e. The van der Waals surface area contributed by atoms with Crippen molar-refractivity contribution in [2.24, 2.45) is 0 Å². The Labute approximate surface area is 191 Å². The predicted octanol–water partition coefficient (Wildman–Crippen LogP) is 5.55. The molecule has 0 aliphatic rings. The fraction of sp³-hybridized carbons (Fsp3) is 0.125. The van der Waals surface area contributed by atoms with Crippen molar-refractivity contribution in [3.05, 3.63) is 78.1 Å². The number of benzene rings is 2. The molecule has 2 N–H and O–H groups in total. The molecule has 0 saturated heterocycles. The molecule has 10 heteroatoms. The molecule has 0 atom stereocenters. The van der Waals surface area contributed by atoms with Crippen LogP contribution in [0.3, 0.4) is 0 Å². The Kier molecular flexibility index (Phi) is 5.20. The maximum absolute atomic E-state index is 13.1. The molecule has 7 nitrogen and oxygen atoms in total. The minimum Gasteiger partial charge on any atom is -0.479 e. The van der Waals surface area contributed by atoms with Gasteiger partial charge in [-0.2, -0.15) is 13.2 Å². The Balaban J connectivity index is 1.41. The summed E-state index contributed by atoms with van der Waals surface area (Å²) < 4.78 is 46.4. The molecule has 0 bridgehead atoms. The number of ether oxygens (including phenoxy) is 1. The van der Waals surface area contributed by atoms with E-state index in [4.69, 9.17) is 4.74 Å². The third kappa shape index (κ3) is 4.05. The zero-order chi connectivity index (χ0) is 23.9. The molecule has 172 valence electrons. The third-order valence-electron chi connectivity index (χ3n) is 5.22. The molecule has 0 unspecified atom stereocenters. The van der Waals surface area contributed by atoms with Crippen molar-refractivity contribution in [3.8, 4) is 17.0 Å². The summed E-state index contributed by atoms with van der Waals surface area (Å²) in [6.07, 6.45) is -2.85. The summed E-state index contributed by atoms with van der Waals surface area (Å²) in [5, 5.41) is 2.68. The number of hydrogen-bond donors (Lipinski definition) is 2. The summed E-state index contributed by atoms with van der Waals surface area (Å²) in [6, 6.07) is 15.5. The SMILES string of the molecule is CCOc1cccc2nc(C(=O)Nc3nc4cc(-c5cccc(C(F)(F)F)c5)ccc4[nH]3)cn12. The summed E-state index contributed by atoms with van der Waals surface area (Å²) in [6.45, 7) is 2.34. The first kappa shape index (κ1) is 21.5. The van der Waals surface area contributed by atoms with Crippen molar-refractivity contribution in [3.63, 3.8) is 0 Å². The highest BCUT2D eigenvalue weighted by atomic mass is 19.4. The lowest BCUT2D eigenvalue weighted by Crippen LogP contribution is -2.13. The van der Waals surface area contributed by atoms with E-state index in [0.717, 1.165) is 12.1 Å². The average molecular weight is 465 g/mol. The normalized spacial score (nSPS) is 11.8. The van der Waals surface area contributed by atoms with Gasteiger partial charge < -0.3 is 9.72 Å². The summed E-state index contributed by atoms with van der Waals surface area (Å²) in [7, 11) is 0. The number of rotatable bonds is 5. The highest BCUT2D eigenvalue weighted by molar-refractivity contribution is 6.03. The van der Waals surface area contributed by atoms with Gasteiger partial charge in [0.15, 0.2) is 5.88 Å². The van der Waals surface area contributed by atoms with Crippen LogP contribution in [0.1, 0.15) is 23.0 Å². The molecule has 0 aliphatic carbocycles. The number of fused-ring (bicyclic) bond motifs is 2. The van der Waals surface area contributed by atoms with Gasteiger partial charge in [0.1, 0.15) is 11.3 Å². The van der Waals surface area contributed by atoms with Gasteiger partial charge in [0.05, 0.1) is 23.2 Å². The monoisotopic (exact) mass is 465 g/mol. The predicted molar refractivity (Wildman–Crippen MR) is 121 cm³/mol. The Morgan fingerprint density at radius 2 is 1.85 bits per heavy atom. The van der Waals surface area contributed by atoms with Gasteiger partial charge in [0.2, 0.25) is 5.95 Å². The van der Waals surface area contributed by atoms with Gasteiger partial charge in [0, 0.05) is 6.20 Å². The first-order chi connectivity index (χ1) is 16.3. The number of amides is 1. The summed E-state index contributed by atoms with van der Waals surface area (Å²) in [5.74, 6) is 0.295. The number of anilines is 1. The van der Waals surface area contributed by atoms with E-state index < -0.39 is 17.6 Å². The van der Waals surface area contributed by atoms with Crippen molar-refractivity contribution >= 4 is 28.5 Å². The van der Waals surface area contributed by atoms with Crippen LogP contribution in [0.2, 0.25) is 0 Å². The lowest BCUT2D eigenvalue weighted by Gasteiger charge is -2.08. The van der Waals surface area contributed by atoms with E-state index in [1.165, 1.54) is 6.07 Å². The van der Waals surface area contributed by atoms with E-state index in [9.17, 15) is 18.0 Å². The largest absolute Gasteiger partial charge is 0.479 e. The third-order valence-corrected chi connectivity index (χ3v) is 5.22. The van der Waals surface area contributed by atoms with Gasteiger partial charge in [-0.15, -0.1) is 0 Å². The number of aromatic nitrogens is 4. The standard InChI is InChI=1S/C24H18F3N5O2/c1-2-34-21-8-4-7-20-28-19(13-32(20)21)22(33)31-23-29-17-10-9-15(12-18(17)30-23)14-5-3-6-16(11-14)24(25,26)27/h3-13H,2H2,1H3,(H2,29,30,31,33). The highest BCUT2D eigenvalue weighted by Crippen LogP contribution is 2.33. The van der Waals surface area contributed by atoms with E-state index in [2.05, 4.69) is 20.3 Å². The lowest BCUT2D eigenvalue weighted by atomic mass is 10.0. The molecule has 34 heavy (non-hydrogen) atoms. The molecule has 0 fully saturated rings. The van der Waals surface area contributed by atoms with Crippen LogP contribution in [0.4, 0.5) is 19.1 Å². The van der Waals surface area contributed by atoms with E-state index in [1.54, 1.807) is 53.1 Å². The number of aromatic amines is 1. The number of nitrogens with one attached hydrogen (secondary N) is 2. The van der Waals surface area contributed by atoms with E-state index >= 15 is 0 Å². The van der Waals surface area contributed by atoms with Crippen LogP contribution in [0.5, 0.6) is 5.88 Å². The first-order valence-corrected chi connectivity index (χ1v) is 10.4. The van der Waals surface area contributed by atoms with Gasteiger partial charge in [-0.3, -0.25) is 14.5 Å². The Morgan fingerprint density at radius 3 is 2.65 bits per heavy atom. The molecular weight excluding hydrogens is 447 g/mol. The zero-order valence-electron chi connectivity index (χ0n) is 17.8. The number of carbonyl (C=O) groups excluding carboxylic acids is 1. The summed E-state index contributed by atoms with van der Waals surface area (Å²) in [4.78, 5) is 24.4. The number of halogens is 3. The van der Waals surface area contributed by atoms with Crippen LogP contribution in [0, 0.1) is 0 Å². The fourth-order valence-corrected chi connectivity index (χ4v) is 3.65. The molecule has 2 aromatic carbocycles. The quantitative estimate of drug-likeness (QED) is 0.357. The maximum Gasteiger partial charge on any atom is 0.416 e. The molecule has 0 saturated carbocycles. The number of H-pyrrole nitrogens is 1. The first-order valence-electron chi connectivity index (χ1n) is 10.4. The second-order valence-electron chi connectivity index (χ2n) is 7.50. The van der Waals surface area contributed by atoms with Gasteiger partial charge >= 0.3 is 6.18 Å². The molecule has 1 amide bonds. The number of alkyl halides is 3. The number of hydrogen-bond acceptors (Lipinski definition) is 4. The van der Waals surface area contributed by atoms with Crippen LogP contribution in [-0.2, 0) is 6.18 Å². The number of nitrogens with zero attached hydrogens (tertiary/aromatic N) is 3. The molecule has 3 heterocycles. The van der Waals surface area contributed by atoms with Crippen molar-refractivity contribution in [2.45, 2.75) is 13.1 Å². The van der Waals surface area contributed by atoms with Gasteiger partial charge in [-0.05, 0) is 54.4 Å². The van der Waals surface area contributed by atoms with Crippen LogP contribution < -0.4 is 10.1 Å². The van der Waals surface area contributed by atoms with E-state index in [1.807, 2.05) is 6.92 Å². The second kappa shape index (κ2) is 8.22. The van der Waals surface area contributed by atoms with Gasteiger partial charge in [-0.25, -0.2) is 9.97 Å². The molecule has 0 aliphatic heterocycles. The maximum atomic E-state index is 13.1.